The first-order valence-corrected chi connectivity index (χ1v) is 5.86. The van der Waals surface area contributed by atoms with Gasteiger partial charge in [-0.05, 0) is 6.07 Å². The molecule has 0 spiro atoms. The Bertz CT molecular complexity index is 553. The van der Waals surface area contributed by atoms with E-state index in [1.165, 1.54) is 12.1 Å². The predicted molar refractivity (Wildman–Crippen MR) is 73.4 cm³/mol. The van der Waals surface area contributed by atoms with Crippen LogP contribution in [0.2, 0.25) is 0 Å². The lowest BCUT2D eigenvalue weighted by molar-refractivity contribution is -0.384. The standard InChI is InChI=1S/C12H15N5O2/c1-13-10-6-11(8-12(7-10)17(18)19)15-3-5-16-4-2-14-9-16/h2,4,6-9,13,15H,3,5H2,1H3. The van der Waals surface area contributed by atoms with Crippen LogP contribution in [0.1, 0.15) is 0 Å². The average molecular weight is 261 g/mol. The van der Waals surface area contributed by atoms with Crippen LogP contribution in [0.15, 0.2) is 36.9 Å². The highest BCUT2D eigenvalue weighted by atomic mass is 16.6. The van der Waals surface area contributed by atoms with Crippen molar-refractivity contribution in [2.75, 3.05) is 24.2 Å². The number of hydrogen-bond acceptors (Lipinski definition) is 5. The number of anilines is 2. The lowest BCUT2D eigenvalue weighted by Crippen LogP contribution is -2.09. The van der Waals surface area contributed by atoms with E-state index in [0.717, 1.165) is 12.2 Å². The largest absolute Gasteiger partial charge is 0.388 e. The van der Waals surface area contributed by atoms with Gasteiger partial charge in [0.05, 0.1) is 11.3 Å². The summed E-state index contributed by atoms with van der Waals surface area (Å²) in [5.74, 6) is 0. The molecule has 0 aliphatic heterocycles. The molecule has 7 nitrogen and oxygen atoms in total. The highest BCUT2D eigenvalue weighted by Crippen LogP contribution is 2.23. The molecule has 0 bridgehead atoms. The number of hydrogen-bond donors (Lipinski definition) is 2. The molecule has 0 saturated carbocycles. The smallest absolute Gasteiger partial charge is 0.273 e. The van der Waals surface area contributed by atoms with Crippen molar-refractivity contribution in [3.63, 3.8) is 0 Å². The molecule has 2 rings (SSSR count). The lowest BCUT2D eigenvalue weighted by atomic mass is 10.2. The monoisotopic (exact) mass is 261 g/mol. The molecule has 0 aliphatic rings. The lowest BCUT2D eigenvalue weighted by Gasteiger charge is -2.09. The topological polar surface area (TPSA) is 85.0 Å². The van der Waals surface area contributed by atoms with E-state index in [4.69, 9.17) is 0 Å². The zero-order valence-electron chi connectivity index (χ0n) is 10.5. The van der Waals surface area contributed by atoms with Crippen LogP contribution in [0.3, 0.4) is 0 Å². The van der Waals surface area contributed by atoms with Gasteiger partial charge in [-0.3, -0.25) is 10.1 Å². The van der Waals surface area contributed by atoms with Gasteiger partial charge in [-0.2, -0.15) is 0 Å². The number of non-ortho nitro benzene ring substituents is 1. The van der Waals surface area contributed by atoms with Crippen LogP contribution in [0.25, 0.3) is 0 Å². The van der Waals surface area contributed by atoms with Crippen molar-refractivity contribution >= 4 is 17.1 Å². The molecule has 1 aromatic heterocycles. The maximum absolute atomic E-state index is 10.8. The Balaban J connectivity index is 2.02. The molecule has 0 saturated heterocycles. The number of nitrogens with one attached hydrogen (secondary N) is 2. The SMILES string of the molecule is CNc1cc(NCCn2ccnc2)cc([N+](=O)[O-])c1. The van der Waals surface area contributed by atoms with Crippen LogP contribution < -0.4 is 10.6 Å². The van der Waals surface area contributed by atoms with E-state index in [1.807, 2.05) is 16.8 Å². The number of nitro groups is 1. The molecule has 0 unspecified atom stereocenters. The minimum atomic E-state index is -0.401. The molecule has 1 heterocycles. The third kappa shape index (κ3) is 3.44. The van der Waals surface area contributed by atoms with E-state index in [2.05, 4.69) is 15.6 Å². The second kappa shape index (κ2) is 5.85. The molecular formula is C12H15N5O2. The molecule has 0 fully saturated rings. The quantitative estimate of drug-likeness (QED) is 0.613. The molecule has 100 valence electrons. The van der Waals surface area contributed by atoms with Gasteiger partial charge in [0.25, 0.3) is 5.69 Å². The number of imidazole rings is 1. The van der Waals surface area contributed by atoms with E-state index >= 15 is 0 Å². The Hall–Kier alpha value is -2.57. The minimum absolute atomic E-state index is 0.0666. The maximum Gasteiger partial charge on any atom is 0.273 e. The van der Waals surface area contributed by atoms with Crippen molar-refractivity contribution in [3.8, 4) is 0 Å². The Morgan fingerprint density at radius 3 is 2.79 bits per heavy atom. The van der Waals surface area contributed by atoms with Gasteiger partial charge in [0.15, 0.2) is 0 Å². The van der Waals surface area contributed by atoms with Gasteiger partial charge in [0.1, 0.15) is 0 Å². The number of nitro benzene ring substituents is 1. The first kappa shape index (κ1) is 12.9. The fourth-order valence-electron chi connectivity index (χ4n) is 1.71. The molecule has 19 heavy (non-hydrogen) atoms. The number of rotatable bonds is 6. The predicted octanol–water partition coefficient (Wildman–Crippen LogP) is 1.95. The highest BCUT2D eigenvalue weighted by molar-refractivity contribution is 5.63. The maximum atomic E-state index is 10.8. The summed E-state index contributed by atoms with van der Waals surface area (Å²) in [5.41, 5.74) is 1.50. The third-order valence-electron chi connectivity index (χ3n) is 2.68. The van der Waals surface area contributed by atoms with E-state index in [9.17, 15) is 10.1 Å². The molecule has 2 aromatic rings. The first-order chi connectivity index (χ1) is 9.19. The zero-order chi connectivity index (χ0) is 13.7. The second-order valence-electron chi connectivity index (χ2n) is 4.00. The summed E-state index contributed by atoms with van der Waals surface area (Å²) < 4.78 is 1.93. The summed E-state index contributed by atoms with van der Waals surface area (Å²) in [7, 11) is 1.73. The van der Waals surface area contributed by atoms with E-state index in [-0.39, 0.29) is 5.69 Å². The number of nitrogens with zero attached hydrogens (tertiary/aromatic N) is 3. The summed E-state index contributed by atoms with van der Waals surface area (Å²) in [6.07, 6.45) is 5.31. The Kier molecular flexibility index (Phi) is 3.97. The summed E-state index contributed by atoms with van der Waals surface area (Å²) >= 11 is 0. The summed E-state index contributed by atoms with van der Waals surface area (Å²) in [6, 6.07) is 4.86. The van der Waals surface area contributed by atoms with E-state index in [1.54, 1.807) is 19.6 Å². The van der Waals surface area contributed by atoms with Gasteiger partial charge in [-0.15, -0.1) is 0 Å². The molecule has 2 N–H and O–H groups in total. The molecule has 0 aliphatic carbocycles. The molecule has 7 heteroatoms. The molecule has 0 amide bonds. The summed E-state index contributed by atoms with van der Waals surface area (Å²) in [6.45, 7) is 1.41. The van der Waals surface area contributed by atoms with Gasteiger partial charge in [0.2, 0.25) is 0 Å². The second-order valence-corrected chi connectivity index (χ2v) is 4.00. The molecule has 0 atom stereocenters. The molecule has 1 aromatic carbocycles. The summed E-state index contributed by atoms with van der Waals surface area (Å²) in [4.78, 5) is 14.4. The van der Waals surface area contributed by atoms with Crippen LogP contribution in [0.4, 0.5) is 17.1 Å². The summed E-state index contributed by atoms with van der Waals surface area (Å²) in [5, 5.41) is 16.9. The third-order valence-corrected chi connectivity index (χ3v) is 2.68. The average Bonchev–Trinajstić information content (AvgIpc) is 2.91. The van der Waals surface area contributed by atoms with Crippen molar-refractivity contribution in [1.82, 2.24) is 9.55 Å². The van der Waals surface area contributed by atoms with Crippen LogP contribution >= 0.6 is 0 Å². The van der Waals surface area contributed by atoms with Gasteiger partial charge < -0.3 is 15.2 Å². The highest BCUT2D eigenvalue weighted by Gasteiger charge is 2.08. The fourth-order valence-corrected chi connectivity index (χ4v) is 1.71. The molecular weight excluding hydrogens is 246 g/mol. The van der Waals surface area contributed by atoms with Crippen LogP contribution in [0, 0.1) is 10.1 Å². The van der Waals surface area contributed by atoms with Crippen molar-refractivity contribution < 1.29 is 4.92 Å². The Morgan fingerprint density at radius 1 is 1.37 bits per heavy atom. The van der Waals surface area contributed by atoms with E-state index < -0.39 is 4.92 Å². The van der Waals surface area contributed by atoms with Crippen molar-refractivity contribution in [2.24, 2.45) is 0 Å². The van der Waals surface area contributed by atoms with Crippen molar-refractivity contribution in [3.05, 3.63) is 47.0 Å². The van der Waals surface area contributed by atoms with Gasteiger partial charge in [0, 0.05) is 56.0 Å². The van der Waals surface area contributed by atoms with Gasteiger partial charge in [-0.1, -0.05) is 0 Å². The Labute approximate surface area is 110 Å². The Morgan fingerprint density at radius 2 is 2.16 bits per heavy atom. The molecule has 0 radical (unpaired) electrons. The zero-order valence-corrected chi connectivity index (χ0v) is 10.5. The van der Waals surface area contributed by atoms with Crippen LogP contribution in [-0.2, 0) is 6.54 Å². The van der Waals surface area contributed by atoms with Gasteiger partial charge in [-0.25, -0.2) is 4.98 Å². The van der Waals surface area contributed by atoms with Crippen molar-refractivity contribution in [2.45, 2.75) is 6.54 Å². The first-order valence-electron chi connectivity index (χ1n) is 5.86. The number of benzene rings is 1. The normalized spacial score (nSPS) is 10.2. The minimum Gasteiger partial charge on any atom is -0.388 e. The van der Waals surface area contributed by atoms with Crippen molar-refractivity contribution in [1.29, 1.82) is 0 Å². The fraction of sp³-hybridized carbons (Fsp3) is 0.250. The van der Waals surface area contributed by atoms with E-state index in [0.29, 0.717) is 12.2 Å². The van der Waals surface area contributed by atoms with Gasteiger partial charge >= 0.3 is 0 Å². The van der Waals surface area contributed by atoms with Crippen LogP contribution in [-0.4, -0.2) is 28.1 Å². The number of aromatic nitrogens is 2. The van der Waals surface area contributed by atoms with Crippen LogP contribution in [0.5, 0.6) is 0 Å².